The molecule has 0 fully saturated rings. The Morgan fingerprint density at radius 3 is 2.17 bits per heavy atom. The summed E-state index contributed by atoms with van der Waals surface area (Å²) in [5, 5.41) is 8.00. The van der Waals surface area contributed by atoms with E-state index >= 15 is 0 Å². The molecule has 0 aliphatic carbocycles. The van der Waals surface area contributed by atoms with Crippen molar-refractivity contribution in [2.75, 3.05) is 22.5 Å². The van der Waals surface area contributed by atoms with Crippen LogP contribution in [-0.2, 0) is 11.0 Å². The van der Waals surface area contributed by atoms with E-state index in [0.717, 1.165) is 12.1 Å². The van der Waals surface area contributed by atoms with Crippen LogP contribution in [0.2, 0.25) is 0 Å². The number of carbonyl (C=O) groups is 2. The van der Waals surface area contributed by atoms with Crippen molar-refractivity contribution in [2.24, 2.45) is 0 Å². The van der Waals surface area contributed by atoms with Gasteiger partial charge in [-0.25, -0.2) is 0 Å². The van der Waals surface area contributed by atoms with Gasteiger partial charge in [-0.05, 0) is 42.5 Å². The van der Waals surface area contributed by atoms with Crippen molar-refractivity contribution in [3.8, 4) is 0 Å². The Balaban J connectivity index is 1.64. The van der Waals surface area contributed by atoms with Crippen molar-refractivity contribution in [3.63, 3.8) is 0 Å². The van der Waals surface area contributed by atoms with Crippen LogP contribution in [0.25, 0.3) is 0 Å². The number of carbonyl (C=O) groups excluding carboxylic acids is 2. The first-order chi connectivity index (χ1) is 14.3. The molecule has 0 bridgehead atoms. The number of hydrogen-bond acceptors (Lipinski definition) is 3. The summed E-state index contributed by atoms with van der Waals surface area (Å²) in [5.74, 6) is -0.907. The molecule has 0 aliphatic heterocycles. The SMILES string of the molecule is O=C(CNc1cccc(C(F)(F)F)c1)Nc1ccccc1C(=O)Nc1ccccc1. The van der Waals surface area contributed by atoms with E-state index in [-0.39, 0.29) is 17.8 Å². The van der Waals surface area contributed by atoms with Crippen LogP contribution in [0.4, 0.5) is 30.2 Å². The molecule has 8 heteroatoms. The van der Waals surface area contributed by atoms with Gasteiger partial charge in [-0.2, -0.15) is 13.2 Å². The Hall–Kier alpha value is -3.81. The van der Waals surface area contributed by atoms with E-state index < -0.39 is 23.6 Å². The van der Waals surface area contributed by atoms with Gasteiger partial charge in [-0.15, -0.1) is 0 Å². The van der Waals surface area contributed by atoms with Crippen molar-refractivity contribution in [2.45, 2.75) is 6.18 Å². The van der Waals surface area contributed by atoms with E-state index in [4.69, 9.17) is 0 Å². The first-order valence-electron chi connectivity index (χ1n) is 8.99. The number of alkyl halides is 3. The molecule has 154 valence electrons. The highest BCUT2D eigenvalue weighted by Gasteiger charge is 2.30. The van der Waals surface area contributed by atoms with E-state index in [1.54, 1.807) is 48.5 Å². The predicted molar refractivity (Wildman–Crippen MR) is 109 cm³/mol. The summed E-state index contributed by atoms with van der Waals surface area (Å²) in [6.45, 7) is -0.268. The molecule has 5 nitrogen and oxygen atoms in total. The number of halogens is 3. The maximum absolute atomic E-state index is 12.8. The topological polar surface area (TPSA) is 70.2 Å². The summed E-state index contributed by atoms with van der Waals surface area (Å²) in [6, 6.07) is 19.9. The molecule has 0 aliphatic rings. The predicted octanol–water partition coefficient (Wildman–Crippen LogP) is 5.01. The highest BCUT2D eigenvalue weighted by molar-refractivity contribution is 6.10. The Bertz CT molecular complexity index is 1040. The lowest BCUT2D eigenvalue weighted by Gasteiger charge is -2.13. The van der Waals surface area contributed by atoms with Gasteiger partial charge in [-0.3, -0.25) is 9.59 Å². The van der Waals surface area contributed by atoms with Crippen molar-refractivity contribution in [1.29, 1.82) is 0 Å². The number of benzene rings is 3. The Morgan fingerprint density at radius 1 is 0.767 bits per heavy atom. The molecular weight excluding hydrogens is 395 g/mol. The summed E-state index contributed by atoms with van der Waals surface area (Å²) in [6.07, 6.45) is -4.47. The molecule has 3 rings (SSSR count). The zero-order valence-corrected chi connectivity index (χ0v) is 15.7. The molecule has 0 aromatic heterocycles. The van der Waals surface area contributed by atoms with E-state index in [2.05, 4.69) is 16.0 Å². The minimum absolute atomic E-state index is 0.162. The highest BCUT2D eigenvalue weighted by atomic mass is 19.4. The van der Waals surface area contributed by atoms with Gasteiger partial charge in [0.15, 0.2) is 0 Å². The standard InChI is InChI=1S/C22H18F3N3O2/c23-22(24,25)15-7-6-10-17(13-15)26-14-20(29)28-19-12-5-4-11-18(19)21(30)27-16-8-2-1-3-9-16/h1-13,26H,14H2,(H,27,30)(H,28,29). The molecule has 0 spiro atoms. The average molecular weight is 413 g/mol. The second-order valence-corrected chi connectivity index (χ2v) is 6.35. The fourth-order valence-electron chi connectivity index (χ4n) is 2.69. The lowest BCUT2D eigenvalue weighted by molar-refractivity contribution is -0.137. The molecule has 0 unspecified atom stereocenters. The first kappa shape index (κ1) is 20.9. The van der Waals surface area contributed by atoms with Gasteiger partial charge in [0, 0.05) is 11.4 Å². The number of anilines is 3. The maximum atomic E-state index is 12.8. The number of amides is 2. The molecule has 30 heavy (non-hydrogen) atoms. The van der Waals surface area contributed by atoms with Crippen molar-refractivity contribution in [3.05, 3.63) is 90.0 Å². The molecule has 0 atom stereocenters. The summed E-state index contributed by atoms with van der Waals surface area (Å²) >= 11 is 0. The second kappa shape index (κ2) is 9.13. The normalized spacial score (nSPS) is 10.9. The number of para-hydroxylation sites is 2. The molecule has 2 amide bonds. The van der Waals surface area contributed by atoms with Crippen LogP contribution in [0.1, 0.15) is 15.9 Å². The van der Waals surface area contributed by atoms with E-state index in [9.17, 15) is 22.8 Å². The smallest absolute Gasteiger partial charge is 0.376 e. The third-order valence-electron chi connectivity index (χ3n) is 4.12. The van der Waals surface area contributed by atoms with Crippen LogP contribution in [-0.4, -0.2) is 18.4 Å². The van der Waals surface area contributed by atoms with Gasteiger partial charge >= 0.3 is 6.18 Å². The van der Waals surface area contributed by atoms with Gasteiger partial charge in [-0.1, -0.05) is 36.4 Å². The fourth-order valence-corrected chi connectivity index (χ4v) is 2.69. The lowest BCUT2D eigenvalue weighted by Crippen LogP contribution is -2.24. The maximum Gasteiger partial charge on any atom is 0.416 e. The summed E-state index contributed by atoms with van der Waals surface area (Å²) in [5.41, 5.74) is 0.510. The molecule has 3 N–H and O–H groups in total. The van der Waals surface area contributed by atoms with Gasteiger partial charge in [0.2, 0.25) is 5.91 Å². The van der Waals surface area contributed by atoms with E-state index in [1.165, 1.54) is 12.1 Å². The van der Waals surface area contributed by atoms with Crippen molar-refractivity contribution < 1.29 is 22.8 Å². The third kappa shape index (κ3) is 5.60. The molecule has 3 aromatic rings. The van der Waals surface area contributed by atoms with Crippen LogP contribution in [0, 0.1) is 0 Å². The minimum atomic E-state index is -4.47. The molecule has 3 aromatic carbocycles. The van der Waals surface area contributed by atoms with E-state index in [1.807, 2.05) is 6.07 Å². The first-order valence-corrected chi connectivity index (χ1v) is 8.99. The lowest BCUT2D eigenvalue weighted by atomic mass is 10.1. The summed E-state index contributed by atoms with van der Waals surface area (Å²) in [7, 11) is 0. The number of nitrogens with one attached hydrogen (secondary N) is 3. The number of rotatable bonds is 6. The summed E-state index contributed by atoms with van der Waals surface area (Å²) < 4.78 is 38.4. The van der Waals surface area contributed by atoms with Crippen LogP contribution < -0.4 is 16.0 Å². The molecule has 0 saturated heterocycles. The van der Waals surface area contributed by atoms with Gasteiger partial charge in [0.05, 0.1) is 23.4 Å². The van der Waals surface area contributed by atoms with Gasteiger partial charge in [0.1, 0.15) is 0 Å². The quantitative estimate of drug-likeness (QED) is 0.532. The van der Waals surface area contributed by atoms with Crippen LogP contribution >= 0.6 is 0 Å². The molecule has 0 saturated carbocycles. The molecule has 0 heterocycles. The van der Waals surface area contributed by atoms with Crippen molar-refractivity contribution in [1.82, 2.24) is 0 Å². The zero-order chi connectivity index (χ0) is 21.6. The van der Waals surface area contributed by atoms with E-state index in [0.29, 0.717) is 11.4 Å². The average Bonchev–Trinajstić information content (AvgIpc) is 2.73. The van der Waals surface area contributed by atoms with Gasteiger partial charge < -0.3 is 16.0 Å². The Morgan fingerprint density at radius 2 is 1.43 bits per heavy atom. The third-order valence-corrected chi connectivity index (χ3v) is 4.12. The minimum Gasteiger partial charge on any atom is -0.376 e. The monoisotopic (exact) mass is 413 g/mol. The number of hydrogen-bond donors (Lipinski definition) is 3. The van der Waals surface area contributed by atoms with Crippen molar-refractivity contribution >= 4 is 28.9 Å². The molecular formula is C22H18F3N3O2. The Labute approximate surface area is 170 Å². The van der Waals surface area contributed by atoms with Crippen LogP contribution in [0.15, 0.2) is 78.9 Å². The fraction of sp³-hybridized carbons (Fsp3) is 0.0909. The van der Waals surface area contributed by atoms with Gasteiger partial charge in [0.25, 0.3) is 5.91 Å². The Kier molecular flexibility index (Phi) is 6.36. The largest absolute Gasteiger partial charge is 0.416 e. The van der Waals surface area contributed by atoms with Crippen LogP contribution in [0.3, 0.4) is 0 Å². The van der Waals surface area contributed by atoms with Crippen LogP contribution in [0.5, 0.6) is 0 Å². The molecule has 0 radical (unpaired) electrons. The zero-order valence-electron chi connectivity index (χ0n) is 15.7. The highest BCUT2D eigenvalue weighted by Crippen LogP contribution is 2.30. The second-order valence-electron chi connectivity index (χ2n) is 6.35. The summed E-state index contributed by atoms with van der Waals surface area (Å²) in [4.78, 5) is 24.8.